The van der Waals surface area contributed by atoms with E-state index in [2.05, 4.69) is 204 Å². The molecule has 6 aromatic carbocycles. The van der Waals surface area contributed by atoms with Crippen LogP contribution in [0, 0.1) is 0 Å². The summed E-state index contributed by atoms with van der Waals surface area (Å²) in [4.78, 5) is 2.64. The standard InChI is InChI=1S/C49H40N2P2/c1-2-6-19-37(18-5-1)52-38-28-30-48-44(33-38)45-34-41(53(39-20-7-3-8-21-39)40-22-9-4-10-23-40)29-31-49(45)51(48)36-17-15-16-35(32-36)50-46-26-13-11-24-42(46)43-25-12-14-27-47(43)50/h1,3-32,34,38,44,48,52H,2,33H2. The van der Waals surface area contributed by atoms with Crippen LogP contribution in [0.4, 0.5) is 11.4 Å². The van der Waals surface area contributed by atoms with Crippen molar-refractivity contribution in [1.29, 1.82) is 0 Å². The van der Waals surface area contributed by atoms with Gasteiger partial charge in [0, 0.05) is 33.8 Å². The summed E-state index contributed by atoms with van der Waals surface area (Å²) in [5, 5.41) is 8.23. The Morgan fingerprint density at radius 3 is 2.00 bits per heavy atom. The Labute approximate surface area is 315 Å². The van der Waals surface area contributed by atoms with Crippen molar-refractivity contribution < 1.29 is 0 Å². The topological polar surface area (TPSA) is 8.17 Å². The van der Waals surface area contributed by atoms with Gasteiger partial charge < -0.3 is 9.47 Å². The third kappa shape index (κ3) is 5.92. The van der Waals surface area contributed by atoms with Crippen LogP contribution in [0.5, 0.6) is 0 Å². The first-order valence-corrected chi connectivity index (χ1v) is 21.1. The Balaban J connectivity index is 1.10. The van der Waals surface area contributed by atoms with E-state index in [-0.39, 0.29) is 6.04 Å². The monoisotopic (exact) mass is 718 g/mol. The van der Waals surface area contributed by atoms with Crippen LogP contribution in [0.1, 0.15) is 24.3 Å². The van der Waals surface area contributed by atoms with Gasteiger partial charge in [-0.05, 0) is 95.7 Å². The van der Waals surface area contributed by atoms with Crippen LogP contribution >= 0.6 is 16.5 Å². The highest BCUT2D eigenvalue weighted by Gasteiger charge is 2.41. The summed E-state index contributed by atoms with van der Waals surface area (Å²) in [5.41, 5.74) is 8.25. The molecule has 2 heterocycles. The van der Waals surface area contributed by atoms with E-state index in [9.17, 15) is 0 Å². The van der Waals surface area contributed by atoms with Gasteiger partial charge in [0.15, 0.2) is 0 Å². The minimum absolute atomic E-state index is 0.257. The molecule has 0 spiro atoms. The first-order valence-electron chi connectivity index (χ1n) is 18.7. The first kappa shape index (κ1) is 32.4. The van der Waals surface area contributed by atoms with Crippen LogP contribution in [0.25, 0.3) is 27.5 Å². The molecule has 0 saturated heterocycles. The third-order valence-corrected chi connectivity index (χ3v) is 14.9. The number of para-hydroxylation sites is 2. The summed E-state index contributed by atoms with van der Waals surface area (Å²) in [6, 6.07) is 56.8. The lowest BCUT2D eigenvalue weighted by Gasteiger charge is -2.33. The minimum Gasteiger partial charge on any atom is -0.334 e. The highest BCUT2D eigenvalue weighted by atomic mass is 31.1. The van der Waals surface area contributed by atoms with E-state index in [0.717, 1.165) is 21.4 Å². The van der Waals surface area contributed by atoms with Crippen molar-refractivity contribution in [3.8, 4) is 5.69 Å². The van der Waals surface area contributed by atoms with Crippen LogP contribution in [0.3, 0.4) is 0 Å². The molecule has 2 aliphatic carbocycles. The van der Waals surface area contributed by atoms with Crippen molar-refractivity contribution in [1.82, 2.24) is 4.57 Å². The second-order valence-electron chi connectivity index (χ2n) is 14.2. The minimum atomic E-state index is -0.702. The van der Waals surface area contributed by atoms with Crippen molar-refractivity contribution >= 4 is 65.6 Å². The fourth-order valence-corrected chi connectivity index (χ4v) is 12.4. The normalized spacial score (nSPS) is 19.3. The zero-order valence-electron chi connectivity index (χ0n) is 29.5. The van der Waals surface area contributed by atoms with Gasteiger partial charge in [0.05, 0.1) is 17.1 Å². The van der Waals surface area contributed by atoms with Gasteiger partial charge in [-0.1, -0.05) is 160 Å². The van der Waals surface area contributed by atoms with E-state index in [1.807, 2.05) is 0 Å². The Morgan fingerprint density at radius 2 is 1.26 bits per heavy atom. The molecule has 0 bridgehead atoms. The van der Waals surface area contributed by atoms with Gasteiger partial charge in [-0.3, -0.25) is 0 Å². The van der Waals surface area contributed by atoms with Crippen molar-refractivity contribution in [2.45, 2.75) is 30.5 Å². The lowest BCUT2D eigenvalue weighted by molar-refractivity contribution is 0.578. The molecular formula is C49H40N2P2. The average Bonchev–Trinajstić information content (AvgIpc) is 3.58. The Morgan fingerprint density at radius 1 is 0.585 bits per heavy atom. The average molecular weight is 719 g/mol. The molecule has 0 amide bonds. The quantitative estimate of drug-likeness (QED) is 0.118. The SMILES string of the molecule is C1=CCC=CC(PC2C=CC3C(C2)c2cc(P(c4ccccc4)c4ccccc4)ccc2N3c2cccc(-n3c4ccccc4c4ccccc43)c2)=C1. The zero-order valence-corrected chi connectivity index (χ0v) is 31.4. The Hall–Kier alpha value is -5.26. The second-order valence-corrected chi connectivity index (χ2v) is 18.0. The number of aromatic nitrogens is 1. The van der Waals surface area contributed by atoms with E-state index in [4.69, 9.17) is 0 Å². The molecule has 0 saturated carbocycles. The fourth-order valence-electron chi connectivity index (χ4n) is 8.70. The van der Waals surface area contributed by atoms with Gasteiger partial charge in [0.25, 0.3) is 0 Å². The van der Waals surface area contributed by atoms with E-state index in [0.29, 0.717) is 11.6 Å². The highest BCUT2D eigenvalue weighted by molar-refractivity contribution is 7.79. The summed E-state index contributed by atoms with van der Waals surface area (Å²) in [6.45, 7) is 0. The number of rotatable bonds is 7. The second kappa shape index (κ2) is 13.9. The first-order chi connectivity index (χ1) is 26.3. The van der Waals surface area contributed by atoms with E-state index in [1.54, 1.807) is 0 Å². The van der Waals surface area contributed by atoms with Crippen molar-refractivity contribution in [2.75, 3.05) is 4.90 Å². The van der Waals surface area contributed by atoms with Crippen molar-refractivity contribution in [3.05, 3.63) is 205 Å². The highest BCUT2D eigenvalue weighted by Crippen LogP contribution is 2.53. The number of fused-ring (bicyclic) bond motifs is 6. The van der Waals surface area contributed by atoms with Crippen LogP contribution in [-0.4, -0.2) is 16.3 Å². The van der Waals surface area contributed by atoms with E-state index < -0.39 is 7.92 Å². The molecule has 4 atom stereocenters. The molecule has 10 rings (SSSR count). The Kier molecular flexibility index (Phi) is 8.52. The van der Waals surface area contributed by atoms with Crippen LogP contribution in [-0.2, 0) is 0 Å². The van der Waals surface area contributed by atoms with Crippen molar-refractivity contribution in [2.24, 2.45) is 0 Å². The number of hydrogen-bond donors (Lipinski definition) is 0. The molecule has 4 unspecified atom stereocenters. The number of allylic oxidation sites excluding steroid dienone is 7. The Bertz CT molecular complexity index is 2490. The van der Waals surface area contributed by atoms with Gasteiger partial charge in [-0.25, -0.2) is 0 Å². The van der Waals surface area contributed by atoms with Gasteiger partial charge in [-0.15, -0.1) is 0 Å². The molecule has 0 fully saturated rings. The molecule has 7 aromatic rings. The largest absolute Gasteiger partial charge is 0.334 e. The molecule has 0 N–H and O–H groups in total. The maximum atomic E-state index is 2.64. The summed E-state index contributed by atoms with van der Waals surface area (Å²) in [5.74, 6) is 0.402. The third-order valence-electron chi connectivity index (χ3n) is 11.0. The molecule has 1 aromatic heterocycles. The van der Waals surface area contributed by atoms with Gasteiger partial charge in [0.1, 0.15) is 0 Å². The fraction of sp³-hybridized carbons (Fsp3) is 0.102. The number of hydrogen-bond acceptors (Lipinski definition) is 1. The molecule has 2 nitrogen and oxygen atoms in total. The molecular weight excluding hydrogens is 679 g/mol. The maximum absolute atomic E-state index is 2.64. The zero-order chi connectivity index (χ0) is 35.1. The van der Waals surface area contributed by atoms with Crippen LogP contribution in [0.15, 0.2) is 200 Å². The van der Waals surface area contributed by atoms with Gasteiger partial charge in [-0.2, -0.15) is 0 Å². The maximum Gasteiger partial charge on any atom is 0.0592 e. The summed E-state index contributed by atoms with van der Waals surface area (Å²) < 4.78 is 2.44. The molecule has 256 valence electrons. The van der Waals surface area contributed by atoms with Crippen LogP contribution in [0.2, 0.25) is 0 Å². The molecule has 0 radical (unpaired) electrons. The van der Waals surface area contributed by atoms with Gasteiger partial charge >= 0.3 is 0 Å². The molecule has 1 aliphatic heterocycles. The smallest absolute Gasteiger partial charge is 0.0592 e. The molecule has 53 heavy (non-hydrogen) atoms. The predicted molar refractivity (Wildman–Crippen MR) is 231 cm³/mol. The summed E-state index contributed by atoms with van der Waals surface area (Å²) in [6.07, 6.45) is 18.7. The molecule has 4 heteroatoms. The van der Waals surface area contributed by atoms with E-state index >= 15 is 0 Å². The number of anilines is 2. The lowest BCUT2D eigenvalue weighted by Crippen LogP contribution is -2.32. The lowest BCUT2D eigenvalue weighted by atomic mass is 9.86. The van der Waals surface area contributed by atoms with Crippen molar-refractivity contribution in [3.63, 3.8) is 0 Å². The van der Waals surface area contributed by atoms with E-state index in [1.165, 1.54) is 65.7 Å². The predicted octanol–water partition coefficient (Wildman–Crippen LogP) is 11.6. The molecule has 3 aliphatic rings. The van der Waals surface area contributed by atoms with Crippen LogP contribution < -0.4 is 20.8 Å². The number of benzene rings is 6. The summed E-state index contributed by atoms with van der Waals surface area (Å²) >= 11 is 0. The summed E-state index contributed by atoms with van der Waals surface area (Å²) in [7, 11) is 0.0568. The van der Waals surface area contributed by atoms with Gasteiger partial charge in [0.2, 0.25) is 0 Å². The number of nitrogens with zero attached hydrogens (tertiary/aromatic N) is 2.